The number of hydrogen-bond donors (Lipinski definition) is 0. The first-order chi connectivity index (χ1) is 26.3. The van der Waals surface area contributed by atoms with Gasteiger partial charge in [-0.2, -0.15) is 0 Å². The third-order valence-corrected chi connectivity index (χ3v) is 10.1. The second-order valence-corrected chi connectivity index (χ2v) is 13.4. The van der Waals surface area contributed by atoms with Gasteiger partial charge in [0.05, 0.1) is 0 Å². The molecule has 9 aromatic carbocycles. The minimum absolute atomic E-state index is 1.11. The van der Waals surface area contributed by atoms with Crippen LogP contribution in [-0.4, -0.2) is 0 Å². The lowest BCUT2D eigenvalue weighted by Crippen LogP contribution is -2.09. The fourth-order valence-electron chi connectivity index (χ4n) is 7.40. The van der Waals surface area contributed by atoms with Crippen LogP contribution in [-0.2, 0) is 0 Å². The van der Waals surface area contributed by atoms with Gasteiger partial charge in [-0.25, -0.2) is 0 Å². The van der Waals surface area contributed by atoms with Crippen molar-refractivity contribution in [3.63, 3.8) is 0 Å². The maximum atomic E-state index is 2.33. The van der Waals surface area contributed by atoms with Crippen LogP contribution in [0.1, 0.15) is 0 Å². The van der Waals surface area contributed by atoms with Gasteiger partial charge in [0.15, 0.2) is 0 Å². The van der Waals surface area contributed by atoms with Gasteiger partial charge in [0.25, 0.3) is 0 Å². The van der Waals surface area contributed by atoms with Gasteiger partial charge in [-0.15, -0.1) is 0 Å². The van der Waals surface area contributed by atoms with Crippen LogP contribution in [0.25, 0.3) is 66.4 Å². The molecule has 0 aliphatic heterocycles. The van der Waals surface area contributed by atoms with Gasteiger partial charge in [0, 0.05) is 17.1 Å². The summed E-state index contributed by atoms with van der Waals surface area (Å²) in [5, 5.41) is 2.52. The Morgan fingerprint density at radius 2 is 0.642 bits per heavy atom. The smallest absolute Gasteiger partial charge is 0.0462 e. The highest BCUT2D eigenvalue weighted by Crippen LogP contribution is 2.39. The van der Waals surface area contributed by atoms with E-state index in [1.165, 1.54) is 66.4 Å². The van der Waals surface area contributed by atoms with E-state index < -0.39 is 0 Å². The van der Waals surface area contributed by atoms with E-state index in [1.807, 2.05) is 0 Å². The number of anilines is 3. The van der Waals surface area contributed by atoms with Gasteiger partial charge in [-0.05, 0) is 109 Å². The van der Waals surface area contributed by atoms with Gasteiger partial charge in [0.1, 0.15) is 0 Å². The highest BCUT2D eigenvalue weighted by Gasteiger charge is 2.14. The summed E-state index contributed by atoms with van der Waals surface area (Å²) < 4.78 is 0. The van der Waals surface area contributed by atoms with Crippen LogP contribution in [0.2, 0.25) is 0 Å². The molecule has 0 heterocycles. The fraction of sp³-hybridized carbons (Fsp3) is 0. The molecule has 0 bridgehead atoms. The summed E-state index contributed by atoms with van der Waals surface area (Å²) in [6.07, 6.45) is 0. The molecule has 0 spiro atoms. The molecule has 0 aliphatic rings. The summed E-state index contributed by atoms with van der Waals surface area (Å²) in [4.78, 5) is 2.32. The molecule has 0 atom stereocenters. The topological polar surface area (TPSA) is 3.24 Å². The molecule has 9 rings (SSSR count). The summed E-state index contributed by atoms with van der Waals surface area (Å²) >= 11 is 0. The maximum absolute atomic E-state index is 2.33. The lowest BCUT2D eigenvalue weighted by atomic mass is 9.91. The molecule has 0 aromatic heterocycles. The van der Waals surface area contributed by atoms with Crippen LogP contribution in [0.5, 0.6) is 0 Å². The first-order valence-corrected chi connectivity index (χ1v) is 18.2. The van der Waals surface area contributed by atoms with Crippen molar-refractivity contribution in [2.45, 2.75) is 0 Å². The van der Waals surface area contributed by atoms with Crippen molar-refractivity contribution in [1.82, 2.24) is 0 Å². The Kier molecular flexibility index (Phi) is 8.66. The van der Waals surface area contributed by atoms with Crippen molar-refractivity contribution >= 4 is 27.8 Å². The molecule has 0 fully saturated rings. The standard InChI is InChI=1S/C52H37N/c1-4-13-41(14-5-1)51-36-31-45(37-52(51)43-15-6-2-7-16-43)40-25-23-38(24-26-40)39-27-32-47(33-28-39)53(46-19-8-3-9-20-46)48-34-29-44(30-35-48)50-22-12-18-42-17-10-11-21-49(42)50/h1-37H. The maximum Gasteiger partial charge on any atom is 0.0462 e. The molecular weight excluding hydrogens is 639 g/mol. The average Bonchev–Trinajstić information content (AvgIpc) is 3.25. The first kappa shape index (κ1) is 32.0. The monoisotopic (exact) mass is 675 g/mol. The van der Waals surface area contributed by atoms with Crippen molar-refractivity contribution in [1.29, 1.82) is 0 Å². The van der Waals surface area contributed by atoms with Crippen molar-refractivity contribution in [3.8, 4) is 55.6 Å². The van der Waals surface area contributed by atoms with Crippen molar-refractivity contribution in [2.75, 3.05) is 4.90 Å². The van der Waals surface area contributed by atoms with Crippen molar-refractivity contribution < 1.29 is 0 Å². The largest absolute Gasteiger partial charge is 0.311 e. The number of rotatable bonds is 8. The Morgan fingerprint density at radius 1 is 0.226 bits per heavy atom. The average molecular weight is 676 g/mol. The van der Waals surface area contributed by atoms with E-state index in [1.54, 1.807) is 0 Å². The Labute approximate surface area is 311 Å². The molecule has 250 valence electrons. The van der Waals surface area contributed by atoms with E-state index in [2.05, 4.69) is 229 Å². The minimum Gasteiger partial charge on any atom is -0.311 e. The second kappa shape index (κ2) is 14.3. The molecule has 0 unspecified atom stereocenters. The van der Waals surface area contributed by atoms with E-state index >= 15 is 0 Å². The Hall–Kier alpha value is -6.96. The summed E-state index contributed by atoms with van der Waals surface area (Å²) in [5.41, 5.74) is 15.5. The fourth-order valence-corrected chi connectivity index (χ4v) is 7.40. The van der Waals surface area contributed by atoms with Crippen LogP contribution in [0.15, 0.2) is 224 Å². The molecular formula is C52H37N. The molecule has 0 aliphatic carbocycles. The van der Waals surface area contributed by atoms with Crippen LogP contribution < -0.4 is 4.90 Å². The van der Waals surface area contributed by atoms with E-state index in [0.717, 1.165) is 17.1 Å². The third kappa shape index (κ3) is 6.53. The molecule has 53 heavy (non-hydrogen) atoms. The van der Waals surface area contributed by atoms with E-state index in [9.17, 15) is 0 Å². The van der Waals surface area contributed by atoms with Gasteiger partial charge >= 0.3 is 0 Å². The molecule has 9 aromatic rings. The lowest BCUT2D eigenvalue weighted by Gasteiger charge is -2.26. The minimum atomic E-state index is 1.11. The number of fused-ring (bicyclic) bond motifs is 1. The highest BCUT2D eigenvalue weighted by atomic mass is 15.1. The predicted molar refractivity (Wildman–Crippen MR) is 226 cm³/mol. The molecule has 0 radical (unpaired) electrons. The third-order valence-electron chi connectivity index (χ3n) is 10.1. The lowest BCUT2D eigenvalue weighted by molar-refractivity contribution is 1.28. The predicted octanol–water partition coefficient (Wildman–Crippen LogP) is 14.6. The molecule has 0 saturated carbocycles. The molecule has 1 heteroatoms. The zero-order valence-corrected chi connectivity index (χ0v) is 29.3. The Balaban J connectivity index is 1.00. The number of benzene rings is 9. The van der Waals surface area contributed by atoms with Gasteiger partial charge in [-0.3, -0.25) is 0 Å². The molecule has 0 saturated heterocycles. The normalized spacial score (nSPS) is 11.0. The van der Waals surface area contributed by atoms with E-state index in [-0.39, 0.29) is 0 Å². The SMILES string of the molecule is c1ccc(-c2ccc(-c3ccc(-c4ccc(N(c5ccccc5)c5ccc(-c6cccc7ccccc67)cc5)cc4)cc3)cc2-c2ccccc2)cc1. The number of para-hydroxylation sites is 1. The van der Waals surface area contributed by atoms with Gasteiger partial charge in [-0.1, -0.05) is 182 Å². The second-order valence-electron chi connectivity index (χ2n) is 13.4. The van der Waals surface area contributed by atoms with Crippen LogP contribution in [0.4, 0.5) is 17.1 Å². The highest BCUT2D eigenvalue weighted by molar-refractivity contribution is 5.97. The summed E-state index contributed by atoms with van der Waals surface area (Å²) in [6, 6.07) is 80.7. The molecule has 0 N–H and O–H groups in total. The van der Waals surface area contributed by atoms with E-state index in [0.29, 0.717) is 0 Å². The van der Waals surface area contributed by atoms with Crippen molar-refractivity contribution in [3.05, 3.63) is 224 Å². The Morgan fingerprint density at radius 3 is 1.26 bits per heavy atom. The first-order valence-electron chi connectivity index (χ1n) is 18.2. The molecule has 1 nitrogen and oxygen atoms in total. The summed E-state index contributed by atoms with van der Waals surface area (Å²) in [6.45, 7) is 0. The van der Waals surface area contributed by atoms with Crippen molar-refractivity contribution in [2.24, 2.45) is 0 Å². The summed E-state index contributed by atoms with van der Waals surface area (Å²) in [7, 11) is 0. The van der Waals surface area contributed by atoms with Crippen LogP contribution >= 0.6 is 0 Å². The van der Waals surface area contributed by atoms with Gasteiger partial charge < -0.3 is 4.90 Å². The zero-order valence-electron chi connectivity index (χ0n) is 29.3. The molecule has 0 amide bonds. The van der Waals surface area contributed by atoms with Crippen LogP contribution in [0, 0.1) is 0 Å². The number of nitrogens with zero attached hydrogens (tertiary/aromatic N) is 1. The van der Waals surface area contributed by atoms with E-state index in [4.69, 9.17) is 0 Å². The number of hydrogen-bond acceptors (Lipinski definition) is 1. The van der Waals surface area contributed by atoms with Gasteiger partial charge in [0.2, 0.25) is 0 Å². The van der Waals surface area contributed by atoms with Crippen LogP contribution in [0.3, 0.4) is 0 Å². The zero-order chi connectivity index (χ0) is 35.4. The summed E-state index contributed by atoms with van der Waals surface area (Å²) in [5.74, 6) is 0. The Bertz CT molecular complexity index is 2600. The quantitative estimate of drug-likeness (QED) is 0.155.